The lowest BCUT2D eigenvalue weighted by molar-refractivity contribution is 0.212. The van der Waals surface area contributed by atoms with Crippen LogP contribution in [0.4, 0.5) is 0 Å². The van der Waals surface area contributed by atoms with Crippen molar-refractivity contribution in [3.8, 4) is 0 Å². The van der Waals surface area contributed by atoms with E-state index in [1.807, 2.05) is 6.92 Å². The smallest absolute Gasteiger partial charge is 0.335 e. The first-order valence-electron chi connectivity index (χ1n) is 3.55. The highest BCUT2D eigenvalue weighted by molar-refractivity contribution is 6.66. The molecule has 0 spiro atoms. The van der Waals surface area contributed by atoms with Gasteiger partial charge in [0.2, 0.25) is 0 Å². The van der Waals surface area contributed by atoms with E-state index < -0.39 is 8.56 Å². The zero-order valence-electron chi connectivity index (χ0n) is 6.14. The van der Waals surface area contributed by atoms with Crippen molar-refractivity contribution >= 4 is 8.56 Å². The molecule has 0 radical (unpaired) electrons. The summed E-state index contributed by atoms with van der Waals surface area (Å²) in [4.78, 5) is 0. The summed E-state index contributed by atoms with van der Waals surface area (Å²) >= 11 is 0. The maximum Gasteiger partial charge on any atom is 0.335 e. The molecule has 0 amide bonds. The van der Waals surface area contributed by atoms with Crippen molar-refractivity contribution in [3.63, 3.8) is 0 Å². The quantitative estimate of drug-likeness (QED) is 0.550. The maximum absolute atomic E-state index is 5.51. The first-order chi connectivity index (χ1) is 4.27. The largest absolute Gasteiger partial charge is 0.395 e. The summed E-state index contributed by atoms with van der Waals surface area (Å²) in [5.74, 6) is 0. The predicted molar refractivity (Wildman–Crippen MR) is 38.6 cm³/mol. The Hall–Kier alpha value is 0.137. The van der Waals surface area contributed by atoms with Crippen LogP contribution in [0.2, 0.25) is 12.6 Å². The molecule has 1 rings (SSSR count). The highest BCUT2D eigenvalue weighted by Gasteiger charge is 2.34. The first kappa shape index (κ1) is 7.25. The van der Waals surface area contributed by atoms with E-state index in [1.54, 1.807) is 0 Å². The van der Waals surface area contributed by atoms with Crippen LogP contribution >= 0.6 is 0 Å². The Bertz CT molecular complexity index is 89.1. The Balaban J connectivity index is 2.32. The highest BCUT2D eigenvalue weighted by atomic mass is 28.4. The van der Waals surface area contributed by atoms with E-state index >= 15 is 0 Å². The van der Waals surface area contributed by atoms with Crippen molar-refractivity contribution in [2.24, 2.45) is 0 Å². The minimum Gasteiger partial charge on any atom is -0.395 e. The third kappa shape index (κ3) is 1.78. The molecule has 2 nitrogen and oxygen atoms in total. The molecule has 0 aromatic carbocycles. The average molecular weight is 146 g/mol. The zero-order valence-corrected chi connectivity index (χ0v) is 7.14. The second kappa shape index (κ2) is 2.81. The van der Waals surface area contributed by atoms with Gasteiger partial charge in [-0.15, -0.1) is 0 Å². The summed E-state index contributed by atoms with van der Waals surface area (Å²) in [6.45, 7) is 5.90. The molecule has 1 unspecified atom stereocenters. The van der Waals surface area contributed by atoms with Crippen molar-refractivity contribution in [2.45, 2.75) is 25.9 Å². The zero-order chi connectivity index (χ0) is 6.74. The van der Waals surface area contributed by atoms with Crippen LogP contribution in [0.3, 0.4) is 0 Å². The Morgan fingerprint density at radius 3 is 2.89 bits per heavy atom. The van der Waals surface area contributed by atoms with Crippen molar-refractivity contribution in [1.29, 1.82) is 0 Å². The van der Waals surface area contributed by atoms with E-state index in [1.165, 1.54) is 12.5 Å². The van der Waals surface area contributed by atoms with Gasteiger partial charge in [-0.1, -0.05) is 0 Å². The molecule has 0 aromatic rings. The molecule has 1 heterocycles. The van der Waals surface area contributed by atoms with Gasteiger partial charge in [0, 0.05) is 13.2 Å². The lowest BCUT2D eigenvalue weighted by Gasteiger charge is -2.18. The normalized spacial score (nSPS) is 35.3. The summed E-state index contributed by atoms with van der Waals surface area (Å²) in [6.07, 6.45) is 1.20. The molecule has 0 aromatic heterocycles. The van der Waals surface area contributed by atoms with E-state index in [9.17, 15) is 0 Å². The van der Waals surface area contributed by atoms with Gasteiger partial charge in [0.25, 0.3) is 0 Å². The van der Waals surface area contributed by atoms with E-state index in [2.05, 4.69) is 6.55 Å². The Labute approximate surface area is 57.4 Å². The molecule has 1 saturated heterocycles. The minimum absolute atomic E-state index is 0.808. The van der Waals surface area contributed by atoms with Gasteiger partial charge in [0.1, 0.15) is 0 Å². The van der Waals surface area contributed by atoms with Crippen LogP contribution in [0.25, 0.3) is 0 Å². The van der Waals surface area contributed by atoms with Gasteiger partial charge in [-0.25, -0.2) is 0 Å². The van der Waals surface area contributed by atoms with Crippen LogP contribution < -0.4 is 0 Å². The third-order valence-corrected chi connectivity index (χ3v) is 4.61. The van der Waals surface area contributed by atoms with Gasteiger partial charge in [-0.2, -0.15) is 0 Å². The topological polar surface area (TPSA) is 18.5 Å². The molecule has 0 saturated carbocycles. The molecule has 0 N–H and O–H groups in total. The Morgan fingerprint density at radius 2 is 2.44 bits per heavy atom. The van der Waals surface area contributed by atoms with Gasteiger partial charge < -0.3 is 8.85 Å². The van der Waals surface area contributed by atoms with Gasteiger partial charge >= 0.3 is 8.56 Å². The fourth-order valence-electron chi connectivity index (χ4n) is 1.17. The average Bonchev–Trinajstić information content (AvgIpc) is 2.16. The third-order valence-electron chi connectivity index (χ3n) is 1.63. The molecule has 0 bridgehead atoms. The number of hydrogen-bond acceptors (Lipinski definition) is 2. The summed E-state index contributed by atoms with van der Waals surface area (Å²) in [5.41, 5.74) is 0. The molecular formula is C6H14O2Si. The molecule has 54 valence electrons. The van der Waals surface area contributed by atoms with Crippen LogP contribution in [0.15, 0.2) is 0 Å². The lowest BCUT2D eigenvalue weighted by atomic mass is 10.5. The van der Waals surface area contributed by atoms with Crippen LogP contribution in [-0.4, -0.2) is 21.8 Å². The molecule has 1 aliphatic heterocycles. The molecule has 1 aliphatic rings. The van der Waals surface area contributed by atoms with Crippen LogP contribution in [-0.2, 0) is 8.85 Å². The molecule has 9 heavy (non-hydrogen) atoms. The Kier molecular flexibility index (Phi) is 2.27. The second-order valence-electron chi connectivity index (χ2n) is 2.52. The maximum atomic E-state index is 5.51. The molecule has 0 aliphatic carbocycles. The SMILES string of the molecule is CCO[Si]1(C)CCCO1. The standard InChI is InChI=1S/C6H14O2Si/c1-3-7-9(2)6-4-5-8-9/h3-6H2,1-2H3. The van der Waals surface area contributed by atoms with E-state index in [4.69, 9.17) is 8.85 Å². The molecule has 1 fully saturated rings. The minimum atomic E-state index is -1.59. The van der Waals surface area contributed by atoms with Crippen LogP contribution in [0, 0.1) is 0 Å². The van der Waals surface area contributed by atoms with Gasteiger partial charge in [0.05, 0.1) is 0 Å². The Morgan fingerprint density at radius 1 is 1.67 bits per heavy atom. The molecule has 1 atom stereocenters. The number of hydrogen-bond donors (Lipinski definition) is 0. The second-order valence-corrected chi connectivity index (χ2v) is 5.86. The molecule has 3 heteroatoms. The summed E-state index contributed by atoms with van der Waals surface area (Å²) < 4.78 is 11.0. The summed E-state index contributed by atoms with van der Waals surface area (Å²) in [6, 6.07) is 1.18. The van der Waals surface area contributed by atoms with E-state index in [-0.39, 0.29) is 0 Å². The monoisotopic (exact) mass is 146 g/mol. The molecular weight excluding hydrogens is 132 g/mol. The van der Waals surface area contributed by atoms with Gasteiger partial charge in [-0.05, 0) is 25.9 Å². The lowest BCUT2D eigenvalue weighted by Crippen LogP contribution is -2.33. The van der Waals surface area contributed by atoms with E-state index in [0.717, 1.165) is 13.2 Å². The van der Waals surface area contributed by atoms with Crippen molar-refractivity contribution in [1.82, 2.24) is 0 Å². The summed E-state index contributed by atoms with van der Waals surface area (Å²) in [5, 5.41) is 0. The van der Waals surface area contributed by atoms with E-state index in [0.29, 0.717) is 0 Å². The summed E-state index contributed by atoms with van der Waals surface area (Å²) in [7, 11) is -1.59. The fourth-order valence-corrected chi connectivity index (χ4v) is 3.52. The number of rotatable bonds is 2. The predicted octanol–water partition coefficient (Wildman–Crippen LogP) is 1.52. The van der Waals surface area contributed by atoms with Crippen molar-refractivity contribution in [2.75, 3.05) is 13.2 Å². The van der Waals surface area contributed by atoms with Crippen LogP contribution in [0.1, 0.15) is 13.3 Å². The van der Waals surface area contributed by atoms with Gasteiger partial charge in [-0.3, -0.25) is 0 Å². The van der Waals surface area contributed by atoms with Crippen molar-refractivity contribution < 1.29 is 8.85 Å². The van der Waals surface area contributed by atoms with Gasteiger partial charge in [0.15, 0.2) is 0 Å². The van der Waals surface area contributed by atoms with Crippen molar-refractivity contribution in [3.05, 3.63) is 0 Å². The fraction of sp³-hybridized carbons (Fsp3) is 1.00. The first-order valence-corrected chi connectivity index (χ1v) is 6.07. The highest BCUT2D eigenvalue weighted by Crippen LogP contribution is 2.22. The van der Waals surface area contributed by atoms with Crippen LogP contribution in [0.5, 0.6) is 0 Å².